The van der Waals surface area contributed by atoms with Crippen LogP contribution >= 0.6 is 11.8 Å². The lowest BCUT2D eigenvalue weighted by Gasteiger charge is -2.26. The molecule has 0 amide bonds. The predicted molar refractivity (Wildman–Crippen MR) is 95.1 cm³/mol. The first-order chi connectivity index (χ1) is 13.5. The lowest BCUT2D eigenvalue weighted by molar-refractivity contribution is -0.173. The molecule has 1 heterocycles. The molecule has 1 saturated heterocycles. The summed E-state index contributed by atoms with van der Waals surface area (Å²) in [5.41, 5.74) is -1.04. The Morgan fingerprint density at radius 3 is 2.41 bits per heavy atom. The van der Waals surface area contributed by atoms with Gasteiger partial charge in [-0.25, -0.2) is 4.39 Å². The van der Waals surface area contributed by atoms with Crippen molar-refractivity contribution in [2.45, 2.75) is 18.5 Å². The van der Waals surface area contributed by atoms with E-state index in [0.29, 0.717) is 38.1 Å². The van der Waals surface area contributed by atoms with Gasteiger partial charge in [-0.3, -0.25) is 4.79 Å². The summed E-state index contributed by atoms with van der Waals surface area (Å²) >= 11 is 0.440. The van der Waals surface area contributed by atoms with Gasteiger partial charge in [-0.05, 0) is 17.7 Å². The van der Waals surface area contributed by atoms with Crippen molar-refractivity contribution in [2.24, 2.45) is 0 Å². The SMILES string of the molecule is O=C(CSCC(F)C(F)(F)F)/C(=C\N1CCOCC1)c1cccc(C(F)(F)F)c1. The number of carbonyl (C=O) groups is 1. The molecule has 0 bridgehead atoms. The number of hydrogen-bond acceptors (Lipinski definition) is 4. The lowest BCUT2D eigenvalue weighted by atomic mass is 10.0. The minimum absolute atomic E-state index is 0.00969. The van der Waals surface area contributed by atoms with Crippen LogP contribution in [0.1, 0.15) is 11.1 Å². The highest BCUT2D eigenvalue weighted by molar-refractivity contribution is 8.00. The van der Waals surface area contributed by atoms with Crippen molar-refractivity contribution in [3.05, 3.63) is 41.6 Å². The van der Waals surface area contributed by atoms with Gasteiger partial charge in [-0.15, -0.1) is 0 Å². The summed E-state index contributed by atoms with van der Waals surface area (Å²) in [6, 6.07) is 4.12. The van der Waals surface area contributed by atoms with Gasteiger partial charge in [0.1, 0.15) is 0 Å². The van der Waals surface area contributed by atoms with Gasteiger partial charge < -0.3 is 9.64 Å². The molecule has 0 aromatic heterocycles. The topological polar surface area (TPSA) is 29.5 Å². The van der Waals surface area contributed by atoms with Crippen LogP contribution in [0.15, 0.2) is 30.5 Å². The van der Waals surface area contributed by atoms with Gasteiger partial charge in [0.25, 0.3) is 0 Å². The molecule has 3 nitrogen and oxygen atoms in total. The number of halogens is 7. The van der Waals surface area contributed by atoms with Gasteiger partial charge in [-0.1, -0.05) is 12.1 Å². The monoisotopic (exact) mass is 445 g/mol. The van der Waals surface area contributed by atoms with E-state index in [-0.39, 0.29) is 11.1 Å². The summed E-state index contributed by atoms with van der Waals surface area (Å²) in [6.45, 7) is 1.54. The highest BCUT2D eigenvalue weighted by atomic mass is 32.2. The number of thioether (sulfide) groups is 1. The largest absolute Gasteiger partial charge is 0.420 e. The summed E-state index contributed by atoms with van der Waals surface area (Å²) in [7, 11) is 0. The van der Waals surface area contributed by atoms with E-state index in [4.69, 9.17) is 4.74 Å². The number of benzene rings is 1. The molecule has 0 N–H and O–H groups in total. The maximum atomic E-state index is 13.0. The first kappa shape index (κ1) is 23.5. The second-order valence-electron chi connectivity index (χ2n) is 6.22. The van der Waals surface area contributed by atoms with Crippen molar-refractivity contribution in [2.75, 3.05) is 37.8 Å². The minimum atomic E-state index is -5.02. The van der Waals surface area contributed by atoms with Gasteiger partial charge in [0, 0.05) is 30.6 Å². The van der Waals surface area contributed by atoms with Gasteiger partial charge in [0.15, 0.2) is 5.78 Å². The molecule has 0 saturated carbocycles. The third-order valence-corrected chi connectivity index (χ3v) is 5.01. The molecule has 1 fully saturated rings. The predicted octanol–water partition coefficient (Wildman–Crippen LogP) is 4.58. The van der Waals surface area contributed by atoms with Crippen molar-refractivity contribution in [1.29, 1.82) is 0 Å². The number of nitrogens with zero attached hydrogens (tertiary/aromatic N) is 1. The van der Waals surface area contributed by atoms with Crippen LogP contribution in [0, 0.1) is 0 Å². The molecule has 1 aliphatic heterocycles. The van der Waals surface area contributed by atoms with Crippen LogP contribution < -0.4 is 0 Å². The summed E-state index contributed by atoms with van der Waals surface area (Å²) in [6.07, 6.45) is -11.3. The van der Waals surface area contributed by atoms with Gasteiger partial charge in [0.2, 0.25) is 6.17 Å². The standard InChI is InChI=1S/C18H18F7NO2S/c19-16(18(23,24)25)11-29-10-15(27)14(9-26-4-6-28-7-5-26)12-2-1-3-13(8-12)17(20,21)22/h1-3,8-9,16H,4-7,10-11H2/b14-9-. The van der Waals surface area contributed by atoms with Gasteiger partial charge in [-0.2, -0.15) is 38.1 Å². The van der Waals surface area contributed by atoms with Crippen LogP contribution in [-0.2, 0) is 15.7 Å². The molecule has 11 heteroatoms. The van der Waals surface area contributed by atoms with Crippen molar-refractivity contribution in [3.8, 4) is 0 Å². The fourth-order valence-corrected chi connectivity index (χ4v) is 3.34. The second-order valence-corrected chi connectivity index (χ2v) is 7.25. The Labute approximate surface area is 166 Å². The Morgan fingerprint density at radius 1 is 1.17 bits per heavy atom. The number of hydrogen-bond donors (Lipinski definition) is 0. The fraction of sp³-hybridized carbons (Fsp3) is 0.500. The zero-order valence-corrected chi connectivity index (χ0v) is 15.8. The number of morpholine rings is 1. The van der Waals surface area contributed by atoms with Crippen LogP contribution in [0.3, 0.4) is 0 Å². The maximum Gasteiger partial charge on any atom is 0.420 e. The molecular formula is C18H18F7NO2S. The first-order valence-electron chi connectivity index (χ1n) is 8.51. The Kier molecular flexibility index (Phi) is 7.98. The molecule has 1 unspecified atom stereocenters. The van der Waals surface area contributed by atoms with Gasteiger partial charge in [0.05, 0.1) is 24.5 Å². The minimum Gasteiger partial charge on any atom is -0.378 e. The molecule has 0 aliphatic carbocycles. The van der Waals surface area contributed by atoms with Crippen LogP contribution in [-0.4, -0.2) is 60.8 Å². The van der Waals surface area contributed by atoms with E-state index in [2.05, 4.69) is 0 Å². The van der Waals surface area contributed by atoms with E-state index >= 15 is 0 Å². The van der Waals surface area contributed by atoms with E-state index in [1.54, 1.807) is 4.90 Å². The van der Waals surface area contributed by atoms with E-state index in [1.807, 2.05) is 0 Å². The van der Waals surface area contributed by atoms with Crippen molar-refractivity contribution < 1.29 is 40.3 Å². The van der Waals surface area contributed by atoms with Gasteiger partial charge >= 0.3 is 12.4 Å². The Hall–Kier alpha value is -1.75. The Balaban J connectivity index is 2.21. The second kappa shape index (κ2) is 9.84. The summed E-state index contributed by atoms with van der Waals surface area (Å²) in [5.74, 6) is -2.15. The van der Waals surface area contributed by atoms with Crippen molar-refractivity contribution >= 4 is 23.1 Å². The van der Waals surface area contributed by atoms with Crippen LogP contribution in [0.2, 0.25) is 0 Å². The molecule has 162 valence electrons. The fourth-order valence-electron chi connectivity index (χ4n) is 2.49. The van der Waals surface area contributed by atoms with Crippen LogP contribution in [0.5, 0.6) is 0 Å². The number of ketones is 1. The Bertz CT molecular complexity index is 728. The van der Waals surface area contributed by atoms with E-state index < -0.39 is 41.4 Å². The third kappa shape index (κ3) is 7.22. The molecule has 1 aliphatic rings. The molecule has 1 atom stereocenters. The molecule has 2 rings (SSSR count). The van der Waals surface area contributed by atoms with Crippen molar-refractivity contribution in [3.63, 3.8) is 0 Å². The third-order valence-electron chi connectivity index (χ3n) is 4.01. The molecule has 0 radical (unpaired) electrons. The molecule has 0 spiro atoms. The average Bonchev–Trinajstić information content (AvgIpc) is 2.65. The molecule has 1 aromatic rings. The normalized spacial score (nSPS) is 17.3. The lowest BCUT2D eigenvalue weighted by Crippen LogP contribution is -2.32. The number of rotatable bonds is 7. The quantitative estimate of drug-likeness (QED) is 0.454. The zero-order valence-electron chi connectivity index (χ0n) is 15.0. The number of carbonyl (C=O) groups excluding carboxylic acids is 1. The van der Waals surface area contributed by atoms with Crippen LogP contribution in [0.25, 0.3) is 5.57 Å². The molecular weight excluding hydrogens is 427 g/mol. The average molecular weight is 445 g/mol. The van der Waals surface area contributed by atoms with E-state index in [0.717, 1.165) is 18.2 Å². The number of ether oxygens (including phenoxy) is 1. The Morgan fingerprint density at radius 2 is 1.83 bits per heavy atom. The molecule has 29 heavy (non-hydrogen) atoms. The maximum absolute atomic E-state index is 13.0. The smallest absolute Gasteiger partial charge is 0.378 e. The van der Waals surface area contributed by atoms with Crippen molar-refractivity contribution in [1.82, 2.24) is 4.90 Å². The summed E-state index contributed by atoms with van der Waals surface area (Å²) < 4.78 is 94.0. The molecule has 1 aromatic carbocycles. The summed E-state index contributed by atoms with van der Waals surface area (Å²) in [4.78, 5) is 14.3. The van der Waals surface area contributed by atoms with E-state index in [1.165, 1.54) is 12.3 Å². The van der Waals surface area contributed by atoms with E-state index in [9.17, 15) is 35.5 Å². The number of Topliss-reactive ketones (excluding diaryl/α,β-unsaturated/α-hetero) is 1. The summed E-state index contributed by atoms with van der Waals surface area (Å²) in [5, 5.41) is 0. The first-order valence-corrected chi connectivity index (χ1v) is 9.67. The highest BCUT2D eigenvalue weighted by Crippen LogP contribution is 2.32. The van der Waals surface area contributed by atoms with Crippen LogP contribution in [0.4, 0.5) is 30.7 Å². The number of alkyl halides is 7. The highest BCUT2D eigenvalue weighted by Gasteiger charge is 2.40. The zero-order chi connectivity index (χ0) is 21.7. The number of allylic oxidation sites excluding steroid dienone is 1.